The topological polar surface area (TPSA) is 66.4 Å². The van der Waals surface area contributed by atoms with E-state index in [4.69, 9.17) is 5.11 Å². The van der Waals surface area contributed by atoms with Crippen molar-refractivity contribution >= 4 is 21.8 Å². The van der Waals surface area contributed by atoms with Crippen LogP contribution in [0.15, 0.2) is 29.2 Å². The van der Waals surface area contributed by atoms with Gasteiger partial charge in [-0.25, -0.2) is 13.1 Å². The molecule has 0 heterocycles. The smallest absolute Gasteiger partial charge is 0.240 e. The van der Waals surface area contributed by atoms with Gasteiger partial charge in [-0.3, -0.25) is 0 Å². The minimum Gasteiger partial charge on any atom is -0.395 e. The van der Waals surface area contributed by atoms with Gasteiger partial charge in [0.05, 0.1) is 11.5 Å². The van der Waals surface area contributed by atoms with Crippen LogP contribution in [0.4, 0.5) is 0 Å². The lowest BCUT2D eigenvalue weighted by Gasteiger charge is -2.15. The number of nitrogens with one attached hydrogen (secondary N) is 1. The molecule has 0 bridgehead atoms. The van der Waals surface area contributed by atoms with E-state index in [0.717, 1.165) is 17.7 Å². The zero-order valence-corrected chi connectivity index (χ0v) is 13.9. The van der Waals surface area contributed by atoms with Crippen LogP contribution in [0.1, 0.15) is 25.3 Å². The molecule has 0 spiro atoms. The van der Waals surface area contributed by atoms with Crippen molar-refractivity contribution in [2.75, 3.05) is 18.6 Å². The first kappa shape index (κ1) is 18.1. The first-order valence-corrected chi connectivity index (χ1v) is 9.62. The lowest BCUT2D eigenvalue weighted by Crippen LogP contribution is -2.36. The Hall–Kier alpha value is -1.00. The van der Waals surface area contributed by atoms with Crippen molar-refractivity contribution in [1.29, 1.82) is 0 Å². The molecule has 0 amide bonds. The molecule has 116 valence electrons. The minimum atomic E-state index is -3.49. The van der Waals surface area contributed by atoms with Gasteiger partial charge in [0.15, 0.2) is 0 Å². The molecule has 0 aliphatic carbocycles. The summed E-state index contributed by atoms with van der Waals surface area (Å²) in [6, 6.07) is 6.39. The number of hydrogen-bond donors (Lipinski definition) is 2. The SMILES string of the molecule is CCC(CSC)NS(=O)(=O)c1ccc(C#CCCO)cc1. The van der Waals surface area contributed by atoms with Crippen LogP contribution < -0.4 is 4.72 Å². The van der Waals surface area contributed by atoms with Gasteiger partial charge < -0.3 is 5.11 Å². The highest BCUT2D eigenvalue weighted by atomic mass is 32.2. The Morgan fingerprint density at radius 3 is 2.52 bits per heavy atom. The summed E-state index contributed by atoms with van der Waals surface area (Å²) in [6.45, 7) is 1.99. The number of sulfonamides is 1. The van der Waals surface area contributed by atoms with Crippen molar-refractivity contribution in [2.24, 2.45) is 0 Å². The maximum Gasteiger partial charge on any atom is 0.240 e. The molecule has 0 aliphatic rings. The molecule has 4 nitrogen and oxygen atoms in total. The van der Waals surface area contributed by atoms with Gasteiger partial charge in [0.25, 0.3) is 0 Å². The van der Waals surface area contributed by atoms with Gasteiger partial charge in [0, 0.05) is 23.8 Å². The van der Waals surface area contributed by atoms with Crippen LogP contribution in [0.5, 0.6) is 0 Å². The Bertz CT molecular complexity index is 586. The second-order valence-electron chi connectivity index (χ2n) is 4.48. The zero-order valence-electron chi connectivity index (χ0n) is 12.3. The third-order valence-corrected chi connectivity index (χ3v) is 5.09. The van der Waals surface area contributed by atoms with Crippen molar-refractivity contribution < 1.29 is 13.5 Å². The summed E-state index contributed by atoms with van der Waals surface area (Å²) in [5, 5.41) is 8.65. The molecule has 2 N–H and O–H groups in total. The normalized spacial score (nSPS) is 12.5. The number of rotatable bonds is 7. The van der Waals surface area contributed by atoms with Gasteiger partial charge >= 0.3 is 0 Å². The van der Waals surface area contributed by atoms with Crippen molar-refractivity contribution in [1.82, 2.24) is 4.72 Å². The fraction of sp³-hybridized carbons (Fsp3) is 0.467. The molecule has 1 rings (SSSR count). The summed E-state index contributed by atoms with van der Waals surface area (Å²) < 4.78 is 27.2. The van der Waals surface area contributed by atoms with Crippen molar-refractivity contribution in [3.05, 3.63) is 29.8 Å². The largest absolute Gasteiger partial charge is 0.395 e. The molecule has 0 radical (unpaired) electrons. The van der Waals surface area contributed by atoms with Gasteiger partial charge in [0.2, 0.25) is 10.0 Å². The van der Waals surface area contributed by atoms with Gasteiger partial charge in [-0.05, 0) is 36.9 Å². The van der Waals surface area contributed by atoms with Gasteiger partial charge in [-0.15, -0.1) is 0 Å². The van der Waals surface area contributed by atoms with E-state index in [1.54, 1.807) is 36.0 Å². The highest BCUT2D eigenvalue weighted by molar-refractivity contribution is 7.98. The predicted molar refractivity (Wildman–Crippen MR) is 87.8 cm³/mol. The van der Waals surface area contributed by atoms with Crippen LogP contribution >= 0.6 is 11.8 Å². The molecule has 1 aromatic carbocycles. The van der Waals surface area contributed by atoms with Crippen LogP contribution in [0, 0.1) is 11.8 Å². The summed E-state index contributed by atoms with van der Waals surface area (Å²) in [6.07, 6.45) is 3.12. The third-order valence-electron chi connectivity index (χ3n) is 2.82. The van der Waals surface area contributed by atoms with E-state index in [9.17, 15) is 8.42 Å². The number of aliphatic hydroxyl groups is 1. The molecule has 6 heteroatoms. The number of thioether (sulfide) groups is 1. The van der Waals surface area contributed by atoms with E-state index in [0.29, 0.717) is 6.42 Å². The summed E-state index contributed by atoms with van der Waals surface area (Å²) in [5.41, 5.74) is 0.735. The van der Waals surface area contributed by atoms with Crippen LogP contribution in [0.25, 0.3) is 0 Å². The second kappa shape index (κ2) is 9.11. The molecule has 1 unspecified atom stereocenters. The minimum absolute atomic E-state index is 0.0250. The average Bonchev–Trinajstić information content (AvgIpc) is 2.47. The van der Waals surface area contributed by atoms with Gasteiger partial charge in [0.1, 0.15) is 0 Å². The van der Waals surface area contributed by atoms with E-state index >= 15 is 0 Å². The number of hydrogen-bond acceptors (Lipinski definition) is 4. The average molecular weight is 327 g/mol. The van der Waals surface area contributed by atoms with Gasteiger partial charge in [-0.1, -0.05) is 18.8 Å². The van der Waals surface area contributed by atoms with Crippen LogP contribution in [0.3, 0.4) is 0 Å². The van der Waals surface area contributed by atoms with Crippen LogP contribution in [-0.2, 0) is 10.0 Å². The maximum absolute atomic E-state index is 12.3. The highest BCUT2D eigenvalue weighted by Gasteiger charge is 2.18. The molecule has 1 aromatic rings. The summed E-state index contributed by atoms with van der Waals surface area (Å²) in [7, 11) is -3.49. The lowest BCUT2D eigenvalue weighted by molar-refractivity contribution is 0.305. The zero-order chi connectivity index (χ0) is 15.7. The fourth-order valence-corrected chi connectivity index (χ4v) is 3.81. The summed E-state index contributed by atoms with van der Waals surface area (Å²) in [4.78, 5) is 0.245. The van der Waals surface area contributed by atoms with Crippen molar-refractivity contribution in [3.8, 4) is 11.8 Å². The molecule has 0 aliphatic heterocycles. The van der Waals surface area contributed by atoms with E-state index in [-0.39, 0.29) is 17.5 Å². The standard InChI is InChI=1S/C15H21NO3S2/c1-3-14(12-20-2)16-21(18,19)15-9-7-13(8-10-15)6-4-5-11-17/h7-10,14,16-17H,3,5,11-12H2,1-2H3. The Labute approximate surface area is 131 Å². The van der Waals surface area contributed by atoms with Gasteiger partial charge in [-0.2, -0.15) is 11.8 Å². The first-order chi connectivity index (χ1) is 10.0. The molecule has 0 saturated carbocycles. The maximum atomic E-state index is 12.3. The Morgan fingerprint density at radius 1 is 1.33 bits per heavy atom. The Morgan fingerprint density at radius 2 is 2.00 bits per heavy atom. The van der Waals surface area contributed by atoms with E-state index in [2.05, 4.69) is 16.6 Å². The lowest BCUT2D eigenvalue weighted by atomic mass is 10.2. The molecule has 0 saturated heterocycles. The first-order valence-electron chi connectivity index (χ1n) is 6.74. The molecule has 21 heavy (non-hydrogen) atoms. The molecule has 0 aromatic heterocycles. The fourth-order valence-electron chi connectivity index (χ4n) is 1.66. The van der Waals surface area contributed by atoms with Crippen molar-refractivity contribution in [3.63, 3.8) is 0 Å². The Balaban J connectivity index is 2.82. The molecular formula is C15H21NO3S2. The number of benzene rings is 1. The summed E-state index contributed by atoms with van der Waals surface area (Å²) >= 11 is 1.62. The highest BCUT2D eigenvalue weighted by Crippen LogP contribution is 2.12. The predicted octanol–water partition coefficient (Wildman–Crippen LogP) is 1.84. The second-order valence-corrected chi connectivity index (χ2v) is 7.11. The van der Waals surface area contributed by atoms with E-state index in [1.807, 2.05) is 13.2 Å². The van der Waals surface area contributed by atoms with Crippen LogP contribution in [0.2, 0.25) is 0 Å². The Kier molecular flexibility index (Phi) is 7.83. The quantitative estimate of drug-likeness (QED) is 0.750. The van der Waals surface area contributed by atoms with E-state index < -0.39 is 10.0 Å². The summed E-state index contributed by atoms with van der Waals surface area (Å²) in [5.74, 6) is 6.42. The third kappa shape index (κ3) is 6.10. The molecule has 1 atom stereocenters. The van der Waals surface area contributed by atoms with E-state index in [1.165, 1.54) is 0 Å². The van der Waals surface area contributed by atoms with Crippen molar-refractivity contribution in [2.45, 2.75) is 30.7 Å². The molecule has 0 fully saturated rings. The monoisotopic (exact) mass is 327 g/mol. The number of aliphatic hydroxyl groups excluding tert-OH is 1. The van der Waals surface area contributed by atoms with Crippen LogP contribution in [-0.4, -0.2) is 38.2 Å². The molecular weight excluding hydrogens is 306 g/mol.